The lowest BCUT2D eigenvalue weighted by Crippen LogP contribution is -2.55. The lowest BCUT2D eigenvalue weighted by atomic mass is 9.81. The summed E-state index contributed by atoms with van der Waals surface area (Å²) in [6.45, 7) is 6.11. The van der Waals surface area contributed by atoms with Crippen LogP contribution < -0.4 is 0 Å². The first kappa shape index (κ1) is 24.4. The Hall–Kier alpha value is -1.76. The molecule has 180 valence electrons. The summed E-state index contributed by atoms with van der Waals surface area (Å²) < 4.78 is 6.02. The lowest BCUT2D eigenvalue weighted by Gasteiger charge is -2.41. The summed E-state index contributed by atoms with van der Waals surface area (Å²) in [5, 5.41) is 41.4. The fourth-order valence-electron chi connectivity index (χ4n) is 5.50. The molecule has 0 aromatic heterocycles. The number of aliphatic hydroxyl groups excluding tert-OH is 4. The first-order valence-electron chi connectivity index (χ1n) is 12.4. The van der Waals surface area contributed by atoms with Crippen molar-refractivity contribution in [1.29, 1.82) is 0 Å². The summed E-state index contributed by atoms with van der Waals surface area (Å²) in [7, 11) is 0. The van der Waals surface area contributed by atoms with Gasteiger partial charge in [-0.1, -0.05) is 51.1 Å². The molecule has 5 heteroatoms. The molecule has 5 atom stereocenters. The number of benzene rings is 2. The summed E-state index contributed by atoms with van der Waals surface area (Å²) in [6, 6.07) is 10.9. The molecule has 1 aliphatic heterocycles. The minimum absolute atomic E-state index is 0.414. The van der Waals surface area contributed by atoms with Gasteiger partial charge < -0.3 is 25.2 Å². The Balaban J connectivity index is 1.79. The SMILES string of the molecule is CCc1ccc(Cc2cc([C@@H]3O[C@H](CO)[C@H](O)[C@H](O)[C@@H]3O)c(CC(C)C)c3c2CCC3)cc1. The molecule has 2 aromatic rings. The van der Waals surface area contributed by atoms with E-state index in [0.29, 0.717) is 5.92 Å². The fraction of sp³-hybridized carbons (Fsp3) is 0.571. The second-order valence-electron chi connectivity index (χ2n) is 10.1. The second-order valence-corrected chi connectivity index (χ2v) is 10.1. The van der Waals surface area contributed by atoms with E-state index in [9.17, 15) is 20.4 Å². The van der Waals surface area contributed by atoms with Crippen LogP contribution in [0.25, 0.3) is 0 Å². The van der Waals surface area contributed by atoms with E-state index in [4.69, 9.17) is 4.74 Å². The zero-order valence-corrected chi connectivity index (χ0v) is 20.0. The molecule has 0 unspecified atom stereocenters. The van der Waals surface area contributed by atoms with Crippen LogP contribution in [-0.4, -0.2) is 51.4 Å². The van der Waals surface area contributed by atoms with Crippen LogP contribution in [0.15, 0.2) is 30.3 Å². The van der Waals surface area contributed by atoms with E-state index in [2.05, 4.69) is 51.1 Å². The van der Waals surface area contributed by atoms with E-state index in [1.807, 2.05) is 0 Å². The predicted octanol–water partition coefficient (Wildman–Crippen LogP) is 3.04. The van der Waals surface area contributed by atoms with Gasteiger partial charge in [0.15, 0.2) is 0 Å². The average Bonchev–Trinajstić information content (AvgIpc) is 3.30. The van der Waals surface area contributed by atoms with Crippen molar-refractivity contribution in [2.45, 2.75) is 89.8 Å². The Labute approximate surface area is 197 Å². The highest BCUT2D eigenvalue weighted by molar-refractivity contribution is 5.51. The van der Waals surface area contributed by atoms with Gasteiger partial charge in [-0.2, -0.15) is 0 Å². The summed E-state index contributed by atoms with van der Waals surface area (Å²) in [4.78, 5) is 0. The average molecular weight is 455 g/mol. The van der Waals surface area contributed by atoms with Gasteiger partial charge in [0.05, 0.1) is 6.61 Å². The maximum atomic E-state index is 10.9. The summed E-state index contributed by atoms with van der Waals surface area (Å²) >= 11 is 0. The van der Waals surface area contributed by atoms with Gasteiger partial charge in [0.2, 0.25) is 0 Å². The van der Waals surface area contributed by atoms with Crippen molar-refractivity contribution in [3.8, 4) is 0 Å². The van der Waals surface area contributed by atoms with E-state index in [1.54, 1.807) is 0 Å². The smallest absolute Gasteiger partial charge is 0.113 e. The Bertz CT molecular complexity index is 950. The molecule has 0 saturated carbocycles. The van der Waals surface area contributed by atoms with Crippen LogP contribution in [0.4, 0.5) is 0 Å². The summed E-state index contributed by atoms with van der Waals surface area (Å²) in [5.41, 5.74) is 8.67. The van der Waals surface area contributed by atoms with Gasteiger partial charge in [0, 0.05) is 0 Å². The van der Waals surface area contributed by atoms with Crippen molar-refractivity contribution >= 4 is 0 Å². The summed E-state index contributed by atoms with van der Waals surface area (Å²) in [6.07, 6.45) is 0.178. The Morgan fingerprint density at radius 1 is 0.939 bits per heavy atom. The van der Waals surface area contributed by atoms with Crippen LogP contribution in [0.5, 0.6) is 0 Å². The van der Waals surface area contributed by atoms with Crippen molar-refractivity contribution in [3.63, 3.8) is 0 Å². The topological polar surface area (TPSA) is 90.2 Å². The fourth-order valence-corrected chi connectivity index (χ4v) is 5.50. The minimum Gasteiger partial charge on any atom is -0.394 e. The number of ether oxygens (including phenoxy) is 1. The van der Waals surface area contributed by atoms with E-state index in [0.717, 1.165) is 44.1 Å². The quantitative estimate of drug-likeness (QED) is 0.516. The molecule has 4 rings (SSSR count). The van der Waals surface area contributed by atoms with Gasteiger partial charge in [0.25, 0.3) is 0 Å². The van der Waals surface area contributed by atoms with Gasteiger partial charge in [-0.15, -0.1) is 0 Å². The number of hydrogen-bond acceptors (Lipinski definition) is 5. The van der Waals surface area contributed by atoms with Gasteiger partial charge in [-0.25, -0.2) is 0 Å². The molecule has 4 N–H and O–H groups in total. The monoisotopic (exact) mass is 454 g/mol. The minimum atomic E-state index is -1.37. The van der Waals surface area contributed by atoms with Gasteiger partial charge >= 0.3 is 0 Å². The summed E-state index contributed by atoms with van der Waals surface area (Å²) in [5.74, 6) is 0.422. The predicted molar refractivity (Wildman–Crippen MR) is 128 cm³/mol. The molecule has 33 heavy (non-hydrogen) atoms. The molecule has 0 radical (unpaired) electrons. The third-order valence-electron chi connectivity index (χ3n) is 7.28. The molecule has 0 spiro atoms. The van der Waals surface area contributed by atoms with Crippen molar-refractivity contribution in [2.75, 3.05) is 6.61 Å². The third kappa shape index (κ3) is 4.89. The molecule has 0 bridgehead atoms. The lowest BCUT2D eigenvalue weighted by molar-refractivity contribution is -0.231. The van der Waals surface area contributed by atoms with Crippen LogP contribution in [0.1, 0.15) is 72.2 Å². The van der Waals surface area contributed by atoms with Crippen molar-refractivity contribution in [3.05, 3.63) is 69.3 Å². The molecule has 2 aromatic carbocycles. The van der Waals surface area contributed by atoms with Crippen LogP contribution >= 0.6 is 0 Å². The highest BCUT2D eigenvalue weighted by Gasteiger charge is 2.45. The maximum absolute atomic E-state index is 10.9. The zero-order chi connectivity index (χ0) is 23.7. The first-order chi connectivity index (χ1) is 15.8. The van der Waals surface area contributed by atoms with Crippen molar-refractivity contribution in [2.24, 2.45) is 5.92 Å². The van der Waals surface area contributed by atoms with E-state index in [-0.39, 0.29) is 0 Å². The molecule has 5 nitrogen and oxygen atoms in total. The molecule has 0 amide bonds. The Morgan fingerprint density at radius 2 is 1.61 bits per heavy atom. The van der Waals surface area contributed by atoms with Crippen LogP contribution in [-0.2, 0) is 36.8 Å². The highest BCUT2D eigenvalue weighted by Crippen LogP contribution is 2.41. The zero-order valence-electron chi connectivity index (χ0n) is 20.0. The van der Waals surface area contributed by atoms with Crippen molar-refractivity contribution < 1.29 is 25.2 Å². The molecule has 1 aliphatic carbocycles. The van der Waals surface area contributed by atoms with Crippen molar-refractivity contribution in [1.82, 2.24) is 0 Å². The highest BCUT2D eigenvalue weighted by atomic mass is 16.5. The van der Waals surface area contributed by atoms with Gasteiger partial charge in [0.1, 0.15) is 30.5 Å². The Morgan fingerprint density at radius 3 is 2.24 bits per heavy atom. The van der Waals surface area contributed by atoms with E-state index < -0.39 is 37.1 Å². The first-order valence-corrected chi connectivity index (χ1v) is 12.4. The number of aryl methyl sites for hydroxylation is 1. The number of fused-ring (bicyclic) bond motifs is 1. The number of hydrogen-bond donors (Lipinski definition) is 4. The number of rotatable bonds is 7. The number of aliphatic hydroxyl groups is 4. The van der Waals surface area contributed by atoms with Crippen LogP contribution in [0.3, 0.4) is 0 Å². The molecule has 2 aliphatic rings. The molecule has 1 fully saturated rings. The third-order valence-corrected chi connectivity index (χ3v) is 7.28. The molecule has 1 heterocycles. The normalized spacial score (nSPS) is 27.2. The van der Waals surface area contributed by atoms with E-state index >= 15 is 0 Å². The Kier molecular flexibility index (Phi) is 7.56. The molecule has 1 saturated heterocycles. The van der Waals surface area contributed by atoms with Crippen LogP contribution in [0.2, 0.25) is 0 Å². The van der Waals surface area contributed by atoms with Crippen LogP contribution in [0, 0.1) is 5.92 Å². The van der Waals surface area contributed by atoms with Gasteiger partial charge in [-0.3, -0.25) is 0 Å². The van der Waals surface area contributed by atoms with Gasteiger partial charge in [-0.05, 0) is 83.4 Å². The standard InChI is InChI=1S/C28H38O5/c1-4-17-8-10-18(11-9-17)13-19-14-23(22(12-16(2)3)21-7-5-6-20(19)21)28-27(32)26(31)25(30)24(15-29)33-28/h8-11,14,16,24-32H,4-7,12-13,15H2,1-3H3/t24-,25+,26+,27+,28+/m1/s1. The second kappa shape index (κ2) is 10.2. The molecular formula is C28H38O5. The maximum Gasteiger partial charge on any atom is 0.113 e. The largest absolute Gasteiger partial charge is 0.394 e. The molecular weight excluding hydrogens is 416 g/mol. The van der Waals surface area contributed by atoms with E-state index in [1.165, 1.54) is 33.4 Å².